The fraction of sp³-hybridized carbons (Fsp3) is 0.870. The molecule has 1 aliphatic rings. The first kappa shape index (κ1) is 26.0. The fourth-order valence-electron chi connectivity index (χ4n) is 4.18. The molecule has 2 unspecified atom stereocenters. The number of carbonyl (C=O) groups is 1. The van der Waals surface area contributed by atoms with Crippen LogP contribution in [-0.4, -0.2) is 49.5 Å². The molecule has 0 aromatic rings. The van der Waals surface area contributed by atoms with Crippen LogP contribution in [0, 0.1) is 0 Å². The van der Waals surface area contributed by atoms with Crippen molar-refractivity contribution in [2.24, 2.45) is 0 Å². The van der Waals surface area contributed by atoms with E-state index in [0.717, 1.165) is 6.42 Å². The molecule has 1 aliphatic heterocycles. The van der Waals surface area contributed by atoms with Crippen molar-refractivity contribution in [1.29, 1.82) is 0 Å². The van der Waals surface area contributed by atoms with Gasteiger partial charge in [-0.25, -0.2) is 0 Å². The molecule has 1 rings (SSSR count). The second-order valence-corrected chi connectivity index (χ2v) is 21.9. The molecular formula is C23H44O4Sn. The summed E-state index contributed by atoms with van der Waals surface area (Å²) in [4.78, 5) is 11.7. The predicted molar refractivity (Wildman–Crippen MR) is 119 cm³/mol. The van der Waals surface area contributed by atoms with Gasteiger partial charge in [0.2, 0.25) is 0 Å². The molecule has 28 heavy (non-hydrogen) atoms. The minimum atomic E-state index is -2.32. The van der Waals surface area contributed by atoms with Crippen LogP contribution in [0.5, 0.6) is 0 Å². The maximum atomic E-state index is 11.7. The summed E-state index contributed by atoms with van der Waals surface area (Å²) in [6.45, 7) is 10.8. The van der Waals surface area contributed by atoms with Gasteiger partial charge in [0.15, 0.2) is 0 Å². The molecule has 0 aromatic heterocycles. The van der Waals surface area contributed by atoms with Crippen LogP contribution in [-0.2, 0) is 19.0 Å². The van der Waals surface area contributed by atoms with Gasteiger partial charge in [0.05, 0.1) is 0 Å². The van der Waals surface area contributed by atoms with Crippen LogP contribution in [0.15, 0.2) is 10.2 Å². The van der Waals surface area contributed by atoms with Crippen molar-refractivity contribution in [3.63, 3.8) is 0 Å². The third kappa shape index (κ3) is 9.62. The van der Waals surface area contributed by atoms with Gasteiger partial charge in [-0.2, -0.15) is 0 Å². The Morgan fingerprint density at radius 2 is 1.57 bits per heavy atom. The average molecular weight is 503 g/mol. The van der Waals surface area contributed by atoms with Crippen molar-refractivity contribution in [3.05, 3.63) is 10.2 Å². The zero-order valence-corrected chi connectivity index (χ0v) is 22.1. The minimum absolute atomic E-state index is 0.0272. The van der Waals surface area contributed by atoms with Gasteiger partial charge >= 0.3 is 178 Å². The topological polar surface area (TPSA) is 44.8 Å². The average Bonchev–Trinajstić information content (AvgIpc) is 2.65. The van der Waals surface area contributed by atoms with Crippen molar-refractivity contribution in [2.45, 2.75) is 117 Å². The molecule has 0 N–H and O–H groups in total. The van der Waals surface area contributed by atoms with E-state index in [0.29, 0.717) is 6.42 Å². The Hall–Kier alpha value is -0.0713. The normalized spacial score (nSPS) is 22.5. The second-order valence-electron chi connectivity index (χ2n) is 8.84. The monoisotopic (exact) mass is 504 g/mol. The molecule has 0 aliphatic carbocycles. The van der Waals surface area contributed by atoms with Crippen LogP contribution in [0.25, 0.3) is 0 Å². The van der Waals surface area contributed by atoms with Crippen LogP contribution in [0.2, 0.25) is 13.3 Å². The second kappa shape index (κ2) is 13.3. The zero-order chi connectivity index (χ0) is 21.0. The molecule has 1 heterocycles. The summed E-state index contributed by atoms with van der Waals surface area (Å²) in [7, 11) is 1.43. The molecule has 0 radical (unpaired) electrons. The molecule has 0 amide bonds. The summed E-state index contributed by atoms with van der Waals surface area (Å²) < 4.78 is 24.0. The van der Waals surface area contributed by atoms with E-state index in [9.17, 15) is 4.79 Å². The van der Waals surface area contributed by atoms with E-state index in [4.69, 9.17) is 14.2 Å². The molecule has 0 aromatic carbocycles. The first-order chi connectivity index (χ1) is 13.3. The van der Waals surface area contributed by atoms with E-state index < -0.39 is 24.2 Å². The number of carbonyl (C=O) groups excluding carboxylic acids is 1. The molecule has 4 nitrogen and oxygen atoms in total. The third-order valence-electron chi connectivity index (χ3n) is 5.75. The first-order valence-corrected chi connectivity index (χ1v) is 19.1. The standard InChI is InChI=1S/C11H17O4.3C4H9.Sn/c1-5-8-6-9(7-10(12)13-4)15-11(2,3)14-8;3*1-3-4-2;/h1,5,8-9H,6-7H2,2-4H3;3*1,3-4H2,2H3;. The van der Waals surface area contributed by atoms with Gasteiger partial charge in [-0.05, 0) is 0 Å². The Morgan fingerprint density at radius 1 is 1.04 bits per heavy atom. The van der Waals surface area contributed by atoms with Gasteiger partial charge in [0.1, 0.15) is 0 Å². The van der Waals surface area contributed by atoms with Crippen molar-refractivity contribution in [3.8, 4) is 0 Å². The maximum absolute atomic E-state index is 11.7. The van der Waals surface area contributed by atoms with Crippen LogP contribution in [0.1, 0.15) is 86.0 Å². The summed E-state index contributed by atoms with van der Waals surface area (Å²) in [6, 6.07) is 0. The van der Waals surface area contributed by atoms with E-state index in [-0.39, 0.29) is 18.2 Å². The molecular weight excluding hydrogens is 459 g/mol. The van der Waals surface area contributed by atoms with E-state index in [2.05, 4.69) is 30.9 Å². The number of hydrogen-bond donors (Lipinski definition) is 0. The molecule has 0 saturated carbocycles. The molecule has 164 valence electrons. The number of unbranched alkanes of at least 4 members (excludes halogenated alkanes) is 3. The first-order valence-electron chi connectivity index (χ1n) is 11.4. The summed E-state index contributed by atoms with van der Waals surface area (Å²) >= 11 is -2.32. The number of methoxy groups -OCH3 is 1. The van der Waals surface area contributed by atoms with Crippen molar-refractivity contribution in [2.75, 3.05) is 7.11 Å². The van der Waals surface area contributed by atoms with Gasteiger partial charge in [-0.15, -0.1) is 0 Å². The van der Waals surface area contributed by atoms with Gasteiger partial charge in [0, 0.05) is 0 Å². The predicted octanol–water partition coefficient (Wildman–Crippen LogP) is 6.40. The Morgan fingerprint density at radius 3 is 2.04 bits per heavy atom. The molecule has 2 atom stereocenters. The quantitative estimate of drug-likeness (QED) is 0.216. The third-order valence-corrected chi connectivity index (χ3v) is 19.9. The van der Waals surface area contributed by atoms with Gasteiger partial charge in [0.25, 0.3) is 0 Å². The van der Waals surface area contributed by atoms with Crippen LogP contribution in [0.4, 0.5) is 0 Å². The molecule has 0 bridgehead atoms. The van der Waals surface area contributed by atoms with E-state index in [1.807, 2.05) is 13.8 Å². The van der Waals surface area contributed by atoms with E-state index in [1.54, 1.807) is 0 Å². The number of ether oxygens (including phenoxy) is 3. The van der Waals surface area contributed by atoms with Crippen molar-refractivity contribution >= 4 is 24.3 Å². The van der Waals surface area contributed by atoms with Gasteiger partial charge in [-0.3, -0.25) is 0 Å². The zero-order valence-electron chi connectivity index (χ0n) is 19.2. The summed E-state index contributed by atoms with van der Waals surface area (Å²) in [5.74, 6) is -0.881. The summed E-state index contributed by atoms with van der Waals surface area (Å²) in [5, 5.41) is 0. The molecule has 1 fully saturated rings. The van der Waals surface area contributed by atoms with Gasteiger partial charge in [-0.1, -0.05) is 0 Å². The van der Waals surface area contributed by atoms with E-state index >= 15 is 0 Å². The van der Waals surface area contributed by atoms with Crippen molar-refractivity contribution < 1.29 is 19.0 Å². The van der Waals surface area contributed by atoms with Crippen LogP contribution >= 0.6 is 0 Å². The summed E-state index contributed by atoms with van der Waals surface area (Å²) in [6.07, 6.45) is 11.2. The van der Waals surface area contributed by atoms with Crippen molar-refractivity contribution in [1.82, 2.24) is 0 Å². The molecule has 5 heteroatoms. The Bertz CT molecular complexity index is 453. The van der Waals surface area contributed by atoms with Crippen LogP contribution in [0.3, 0.4) is 0 Å². The Balaban J connectivity index is 2.94. The van der Waals surface area contributed by atoms with Crippen LogP contribution < -0.4 is 0 Å². The molecule has 1 saturated heterocycles. The molecule has 0 spiro atoms. The number of hydrogen-bond acceptors (Lipinski definition) is 4. The Labute approximate surface area is 177 Å². The van der Waals surface area contributed by atoms with E-state index in [1.165, 1.54) is 58.9 Å². The number of esters is 1. The fourth-order valence-corrected chi connectivity index (χ4v) is 18.6. The van der Waals surface area contributed by atoms with Gasteiger partial charge < -0.3 is 0 Å². The SMILES string of the molecule is CCC[CH2][Sn](/[CH]=C/C1CC(CC(=O)OC)OC(C)(C)O1)([CH2]CCC)[CH2]CCC. The summed E-state index contributed by atoms with van der Waals surface area (Å²) in [5.41, 5.74) is 0. The Kier molecular flexibility index (Phi) is 12.3. The number of rotatable bonds is 13.